The van der Waals surface area contributed by atoms with Crippen LogP contribution in [0.4, 0.5) is 5.82 Å². The van der Waals surface area contributed by atoms with Gasteiger partial charge in [0.2, 0.25) is 10.0 Å². The van der Waals surface area contributed by atoms with Gasteiger partial charge in [0.15, 0.2) is 0 Å². The number of hydrogen-bond acceptors (Lipinski definition) is 5. The van der Waals surface area contributed by atoms with E-state index in [2.05, 4.69) is 17.3 Å². The molecule has 0 bridgehead atoms. The Hall–Kier alpha value is -1.18. The summed E-state index contributed by atoms with van der Waals surface area (Å²) in [5, 5.41) is 0. The lowest BCUT2D eigenvalue weighted by Crippen LogP contribution is -2.28. The van der Waals surface area contributed by atoms with Crippen molar-refractivity contribution in [1.82, 2.24) is 9.29 Å². The Labute approximate surface area is 108 Å². The zero-order valence-electron chi connectivity index (χ0n) is 10.8. The van der Waals surface area contributed by atoms with Crippen molar-refractivity contribution in [2.24, 2.45) is 5.84 Å². The molecule has 0 aliphatic carbocycles. The maximum atomic E-state index is 12.2. The van der Waals surface area contributed by atoms with Crippen molar-refractivity contribution in [2.45, 2.75) is 31.1 Å². The van der Waals surface area contributed by atoms with Crippen LogP contribution in [0.15, 0.2) is 23.2 Å². The Morgan fingerprint density at radius 3 is 2.78 bits per heavy atom. The highest BCUT2D eigenvalue weighted by Gasteiger charge is 2.20. The Morgan fingerprint density at radius 2 is 2.17 bits per heavy atom. The number of hydrazine groups is 1. The van der Waals surface area contributed by atoms with E-state index in [-0.39, 0.29) is 4.90 Å². The van der Waals surface area contributed by atoms with Gasteiger partial charge in [0.25, 0.3) is 0 Å². The first kappa shape index (κ1) is 14.9. The number of nitrogens with zero attached hydrogens (tertiary/aromatic N) is 2. The average molecular weight is 272 g/mol. The smallest absolute Gasteiger partial charge is 0.243 e. The van der Waals surface area contributed by atoms with Crippen molar-refractivity contribution in [3.8, 4) is 0 Å². The molecule has 0 aliphatic rings. The van der Waals surface area contributed by atoms with Crippen LogP contribution in [0.2, 0.25) is 0 Å². The molecule has 3 N–H and O–H groups in total. The number of nitrogens with two attached hydrogens (primary N) is 1. The number of nitrogen functional groups attached to an aromatic ring is 1. The number of rotatable bonds is 7. The van der Waals surface area contributed by atoms with Gasteiger partial charge >= 0.3 is 0 Å². The fourth-order valence-electron chi connectivity index (χ4n) is 1.54. The summed E-state index contributed by atoms with van der Waals surface area (Å²) < 4.78 is 25.8. The van der Waals surface area contributed by atoms with Gasteiger partial charge in [-0.1, -0.05) is 19.8 Å². The highest BCUT2D eigenvalue weighted by molar-refractivity contribution is 7.89. The molecule has 0 amide bonds. The van der Waals surface area contributed by atoms with Crippen LogP contribution in [0.25, 0.3) is 0 Å². The second kappa shape index (κ2) is 6.67. The van der Waals surface area contributed by atoms with E-state index in [1.165, 1.54) is 22.6 Å². The molecule has 1 aromatic heterocycles. The summed E-state index contributed by atoms with van der Waals surface area (Å²) in [4.78, 5) is 4.09. The summed E-state index contributed by atoms with van der Waals surface area (Å²) in [6.45, 7) is 2.60. The fourth-order valence-corrected chi connectivity index (χ4v) is 2.76. The highest BCUT2D eigenvalue weighted by Crippen LogP contribution is 2.16. The first-order valence-corrected chi connectivity index (χ1v) is 7.35. The van der Waals surface area contributed by atoms with E-state index in [1.54, 1.807) is 7.05 Å². The largest absolute Gasteiger partial charge is 0.308 e. The third-order valence-corrected chi connectivity index (χ3v) is 4.52. The van der Waals surface area contributed by atoms with Crippen LogP contribution in [0.3, 0.4) is 0 Å². The zero-order chi connectivity index (χ0) is 13.6. The van der Waals surface area contributed by atoms with Crippen molar-refractivity contribution >= 4 is 15.8 Å². The van der Waals surface area contributed by atoms with Crippen LogP contribution in [0.5, 0.6) is 0 Å². The molecule has 0 atom stereocenters. The number of unbranched alkanes of at least 4 members (excludes halogenated alkanes) is 2. The summed E-state index contributed by atoms with van der Waals surface area (Å²) >= 11 is 0. The lowest BCUT2D eigenvalue weighted by molar-refractivity contribution is 0.454. The zero-order valence-corrected chi connectivity index (χ0v) is 11.6. The fraction of sp³-hybridized carbons (Fsp3) is 0.545. The molecule has 18 heavy (non-hydrogen) atoms. The first-order valence-electron chi connectivity index (χ1n) is 5.91. The average Bonchev–Trinajstić information content (AvgIpc) is 2.39. The van der Waals surface area contributed by atoms with E-state index in [9.17, 15) is 8.42 Å². The third-order valence-electron chi connectivity index (χ3n) is 2.66. The summed E-state index contributed by atoms with van der Waals surface area (Å²) in [5.74, 6) is 5.55. The molecule has 0 saturated carbocycles. The molecule has 0 spiro atoms. The van der Waals surface area contributed by atoms with Gasteiger partial charge in [-0.25, -0.2) is 23.5 Å². The van der Waals surface area contributed by atoms with Gasteiger partial charge in [-0.05, 0) is 12.5 Å². The highest BCUT2D eigenvalue weighted by atomic mass is 32.2. The molecular formula is C11H20N4O2S. The Balaban J connectivity index is 2.84. The predicted molar refractivity (Wildman–Crippen MR) is 71.4 cm³/mol. The number of anilines is 1. The van der Waals surface area contributed by atoms with E-state index in [4.69, 9.17) is 5.84 Å². The van der Waals surface area contributed by atoms with E-state index in [0.717, 1.165) is 19.3 Å². The van der Waals surface area contributed by atoms with Crippen molar-refractivity contribution < 1.29 is 8.42 Å². The van der Waals surface area contributed by atoms with Crippen LogP contribution in [-0.4, -0.2) is 31.3 Å². The summed E-state index contributed by atoms with van der Waals surface area (Å²) in [5.41, 5.74) is 2.34. The first-order chi connectivity index (χ1) is 8.52. The van der Waals surface area contributed by atoms with Gasteiger partial charge in [-0.2, -0.15) is 0 Å². The lowest BCUT2D eigenvalue weighted by Gasteiger charge is -2.17. The molecule has 0 aromatic carbocycles. The Morgan fingerprint density at radius 1 is 1.44 bits per heavy atom. The summed E-state index contributed by atoms with van der Waals surface area (Å²) in [6.07, 6.45) is 4.36. The number of nitrogens with one attached hydrogen (secondary N) is 1. The second-order valence-corrected chi connectivity index (χ2v) is 6.10. The number of hydrogen-bond donors (Lipinski definition) is 2. The SMILES string of the molecule is CCCCCN(C)S(=O)(=O)c1ccnc(NN)c1. The van der Waals surface area contributed by atoms with Gasteiger partial charge in [-0.15, -0.1) is 0 Å². The van der Waals surface area contributed by atoms with Gasteiger partial charge in [0.05, 0.1) is 4.90 Å². The maximum absolute atomic E-state index is 12.2. The van der Waals surface area contributed by atoms with E-state index in [0.29, 0.717) is 12.4 Å². The van der Waals surface area contributed by atoms with Crippen molar-refractivity contribution in [2.75, 3.05) is 19.0 Å². The Bertz CT molecular complexity index is 476. The number of sulfonamides is 1. The molecule has 102 valence electrons. The molecule has 1 aromatic rings. The van der Waals surface area contributed by atoms with Crippen LogP contribution in [0.1, 0.15) is 26.2 Å². The summed E-state index contributed by atoms with van der Waals surface area (Å²) in [6, 6.07) is 2.89. The second-order valence-electron chi connectivity index (χ2n) is 4.05. The van der Waals surface area contributed by atoms with Crippen LogP contribution in [-0.2, 0) is 10.0 Å². The monoisotopic (exact) mass is 272 g/mol. The van der Waals surface area contributed by atoms with Crippen LogP contribution in [0, 0.1) is 0 Å². The minimum atomic E-state index is -3.45. The molecule has 0 radical (unpaired) electrons. The quantitative estimate of drug-likeness (QED) is 0.442. The predicted octanol–water partition coefficient (Wildman–Crippen LogP) is 1.18. The van der Waals surface area contributed by atoms with Crippen molar-refractivity contribution in [3.05, 3.63) is 18.3 Å². The number of pyridine rings is 1. The van der Waals surface area contributed by atoms with Crippen molar-refractivity contribution in [3.63, 3.8) is 0 Å². The van der Waals surface area contributed by atoms with Gasteiger partial charge < -0.3 is 5.43 Å². The lowest BCUT2D eigenvalue weighted by atomic mass is 10.2. The molecule has 0 saturated heterocycles. The van der Waals surface area contributed by atoms with E-state index in [1.807, 2.05) is 0 Å². The molecule has 0 fully saturated rings. The molecule has 0 unspecified atom stereocenters. The molecule has 1 heterocycles. The Kier molecular flexibility index (Phi) is 5.52. The van der Waals surface area contributed by atoms with Gasteiger partial charge in [0, 0.05) is 25.9 Å². The number of aromatic nitrogens is 1. The minimum Gasteiger partial charge on any atom is -0.308 e. The third kappa shape index (κ3) is 3.66. The van der Waals surface area contributed by atoms with Gasteiger partial charge in [-0.3, -0.25) is 0 Å². The molecule has 0 aliphatic heterocycles. The standard InChI is InChI=1S/C11H20N4O2S/c1-3-4-5-8-15(2)18(16,17)10-6-7-13-11(9-10)14-12/h6-7,9H,3-5,8,12H2,1-2H3,(H,13,14). The van der Waals surface area contributed by atoms with Crippen LogP contribution >= 0.6 is 0 Å². The molecule has 7 heteroatoms. The maximum Gasteiger partial charge on any atom is 0.243 e. The minimum absolute atomic E-state index is 0.199. The van der Waals surface area contributed by atoms with E-state index >= 15 is 0 Å². The van der Waals surface area contributed by atoms with E-state index < -0.39 is 10.0 Å². The normalized spacial score (nSPS) is 11.8. The van der Waals surface area contributed by atoms with Crippen LogP contribution < -0.4 is 11.3 Å². The topological polar surface area (TPSA) is 88.3 Å². The molecular weight excluding hydrogens is 252 g/mol. The molecule has 6 nitrogen and oxygen atoms in total. The molecule has 1 rings (SSSR count). The van der Waals surface area contributed by atoms with Gasteiger partial charge in [0.1, 0.15) is 5.82 Å². The summed E-state index contributed by atoms with van der Waals surface area (Å²) in [7, 11) is -1.87. The van der Waals surface area contributed by atoms with Crippen molar-refractivity contribution in [1.29, 1.82) is 0 Å².